The SMILES string of the molecule is CCOP(=O)(OCC)C(C(=O)OC)C1(C(=O)OC)OC=C(C#N)C1c1cccs1. The quantitative estimate of drug-likeness (QED) is 0.419. The fourth-order valence-electron chi connectivity index (χ4n) is 3.30. The van der Waals surface area contributed by atoms with E-state index in [9.17, 15) is 19.4 Å². The molecule has 2 heterocycles. The summed E-state index contributed by atoms with van der Waals surface area (Å²) >= 11 is 1.24. The average Bonchev–Trinajstić information content (AvgIpc) is 3.35. The molecule has 1 aliphatic heterocycles. The normalized spacial score (nSPS) is 22.2. The van der Waals surface area contributed by atoms with E-state index in [4.69, 9.17) is 23.3 Å². The van der Waals surface area contributed by atoms with Crippen LogP contribution in [-0.4, -0.2) is 50.6 Å². The third-order valence-corrected chi connectivity index (χ3v) is 7.75. The van der Waals surface area contributed by atoms with E-state index >= 15 is 0 Å². The number of esters is 2. The third-order valence-electron chi connectivity index (χ3n) is 4.35. The molecule has 3 atom stereocenters. The summed E-state index contributed by atoms with van der Waals surface area (Å²) in [6.45, 7) is 3.00. The Hall–Kier alpha value is -2.18. The molecule has 0 amide bonds. The monoisotopic (exact) mass is 443 g/mol. The van der Waals surface area contributed by atoms with E-state index in [0.29, 0.717) is 4.88 Å². The molecule has 1 aromatic rings. The van der Waals surface area contributed by atoms with Gasteiger partial charge in [-0.1, -0.05) is 6.07 Å². The van der Waals surface area contributed by atoms with Crippen LogP contribution in [0.25, 0.3) is 0 Å². The summed E-state index contributed by atoms with van der Waals surface area (Å²) < 4.78 is 39.9. The molecule has 0 N–H and O–H groups in total. The summed E-state index contributed by atoms with van der Waals surface area (Å²) in [5.74, 6) is -3.12. The summed E-state index contributed by atoms with van der Waals surface area (Å²) in [5, 5.41) is 11.4. The van der Waals surface area contributed by atoms with Crippen molar-refractivity contribution in [1.29, 1.82) is 5.26 Å². The summed E-state index contributed by atoms with van der Waals surface area (Å²) in [5.41, 5.74) is -3.98. The molecule has 0 aromatic carbocycles. The maximum Gasteiger partial charge on any atom is 0.352 e. The number of thiophene rings is 1. The first-order chi connectivity index (χ1) is 13.9. The first kappa shape index (κ1) is 23.1. The topological polar surface area (TPSA) is 121 Å². The van der Waals surface area contributed by atoms with E-state index in [1.54, 1.807) is 31.4 Å². The molecule has 0 radical (unpaired) electrons. The fourth-order valence-corrected chi connectivity index (χ4v) is 6.45. The van der Waals surface area contributed by atoms with Gasteiger partial charge in [-0.2, -0.15) is 5.26 Å². The number of nitriles is 1. The minimum atomic E-state index is -4.30. The summed E-state index contributed by atoms with van der Waals surface area (Å²) in [4.78, 5) is 26.5. The van der Waals surface area contributed by atoms with Crippen molar-refractivity contribution in [3.05, 3.63) is 34.2 Å². The van der Waals surface area contributed by atoms with Crippen LogP contribution in [0.15, 0.2) is 29.3 Å². The Morgan fingerprint density at radius 3 is 2.41 bits per heavy atom. The summed E-state index contributed by atoms with van der Waals surface area (Å²) in [6.07, 6.45) is 1.07. The van der Waals surface area contributed by atoms with Crippen LogP contribution < -0.4 is 0 Å². The fraction of sp³-hybridized carbons (Fsp3) is 0.500. The third kappa shape index (κ3) is 3.96. The zero-order chi connectivity index (χ0) is 21.7. The molecule has 0 aliphatic carbocycles. The average molecular weight is 443 g/mol. The maximum absolute atomic E-state index is 13.7. The van der Waals surface area contributed by atoms with E-state index < -0.39 is 36.7 Å². The summed E-state index contributed by atoms with van der Waals surface area (Å²) in [7, 11) is -2.12. The van der Waals surface area contributed by atoms with Gasteiger partial charge in [0.25, 0.3) is 0 Å². The van der Waals surface area contributed by atoms with Gasteiger partial charge < -0.3 is 23.3 Å². The number of hydrogen-bond donors (Lipinski definition) is 0. The highest BCUT2D eigenvalue weighted by Gasteiger charge is 2.69. The minimum absolute atomic E-state index is 0.0614. The molecule has 11 heteroatoms. The second kappa shape index (κ2) is 9.55. The number of carbonyl (C=O) groups is 2. The Bertz CT molecular complexity index is 852. The Morgan fingerprint density at radius 1 is 1.31 bits per heavy atom. The number of ether oxygens (including phenoxy) is 3. The highest BCUT2D eigenvalue weighted by molar-refractivity contribution is 7.56. The minimum Gasteiger partial charge on any atom is -0.479 e. The second-order valence-corrected chi connectivity index (χ2v) is 8.93. The lowest BCUT2D eigenvalue weighted by Crippen LogP contribution is -2.57. The molecular weight excluding hydrogens is 421 g/mol. The predicted molar refractivity (Wildman–Crippen MR) is 103 cm³/mol. The van der Waals surface area contributed by atoms with Crippen molar-refractivity contribution in [2.75, 3.05) is 27.4 Å². The van der Waals surface area contributed by atoms with Crippen LogP contribution >= 0.6 is 18.9 Å². The molecule has 3 unspecified atom stereocenters. The Labute approximate surface area is 172 Å². The predicted octanol–water partition coefficient (Wildman–Crippen LogP) is 2.99. The van der Waals surface area contributed by atoms with Crippen LogP contribution in [0.5, 0.6) is 0 Å². The van der Waals surface area contributed by atoms with Crippen molar-refractivity contribution < 1.29 is 37.4 Å². The zero-order valence-corrected chi connectivity index (χ0v) is 18.2. The lowest BCUT2D eigenvalue weighted by Gasteiger charge is -2.39. The highest BCUT2D eigenvalue weighted by atomic mass is 32.1. The van der Waals surface area contributed by atoms with E-state index in [-0.39, 0.29) is 18.8 Å². The van der Waals surface area contributed by atoms with Gasteiger partial charge in [0, 0.05) is 4.88 Å². The number of hydrogen-bond acceptors (Lipinski definition) is 10. The zero-order valence-electron chi connectivity index (χ0n) is 16.4. The number of rotatable bonds is 9. The number of nitrogens with zero attached hydrogens (tertiary/aromatic N) is 1. The molecule has 0 saturated heterocycles. The largest absolute Gasteiger partial charge is 0.479 e. The lowest BCUT2D eigenvalue weighted by atomic mass is 9.80. The van der Waals surface area contributed by atoms with Gasteiger partial charge in [0.2, 0.25) is 11.3 Å². The van der Waals surface area contributed by atoms with Gasteiger partial charge in [0.05, 0.1) is 51.3 Å². The maximum atomic E-state index is 13.7. The van der Waals surface area contributed by atoms with Crippen LogP contribution in [0.2, 0.25) is 0 Å². The summed E-state index contributed by atoms with van der Waals surface area (Å²) in [6, 6.07) is 5.36. The molecular formula is C18H22NO8PS. The van der Waals surface area contributed by atoms with Crippen molar-refractivity contribution in [1.82, 2.24) is 0 Å². The van der Waals surface area contributed by atoms with Crippen LogP contribution in [0.1, 0.15) is 24.6 Å². The molecule has 1 aliphatic rings. The lowest BCUT2D eigenvalue weighted by molar-refractivity contribution is -0.169. The van der Waals surface area contributed by atoms with Crippen LogP contribution in [0.3, 0.4) is 0 Å². The van der Waals surface area contributed by atoms with Gasteiger partial charge in [0.15, 0.2) is 0 Å². The van der Waals surface area contributed by atoms with Gasteiger partial charge in [-0.15, -0.1) is 11.3 Å². The van der Waals surface area contributed by atoms with E-state index in [2.05, 4.69) is 0 Å². The molecule has 0 fully saturated rings. The molecule has 9 nitrogen and oxygen atoms in total. The van der Waals surface area contributed by atoms with E-state index in [0.717, 1.165) is 20.5 Å². The Morgan fingerprint density at radius 2 is 1.97 bits per heavy atom. The van der Waals surface area contributed by atoms with Gasteiger partial charge in [-0.05, 0) is 25.3 Å². The van der Waals surface area contributed by atoms with Crippen LogP contribution in [0.4, 0.5) is 0 Å². The number of carbonyl (C=O) groups excluding carboxylic acids is 2. The first-order valence-electron chi connectivity index (χ1n) is 8.72. The van der Waals surface area contributed by atoms with Crippen LogP contribution in [-0.2, 0) is 37.4 Å². The molecule has 29 heavy (non-hydrogen) atoms. The van der Waals surface area contributed by atoms with Crippen LogP contribution in [0, 0.1) is 11.3 Å². The van der Waals surface area contributed by atoms with Gasteiger partial charge in [-0.3, -0.25) is 9.36 Å². The molecule has 0 bridgehead atoms. The molecule has 1 aromatic heterocycles. The van der Waals surface area contributed by atoms with Crippen molar-refractivity contribution in [3.63, 3.8) is 0 Å². The second-order valence-electron chi connectivity index (χ2n) is 5.84. The number of methoxy groups -OCH3 is 2. The smallest absolute Gasteiger partial charge is 0.352 e. The van der Waals surface area contributed by atoms with E-state index in [1.165, 1.54) is 11.3 Å². The van der Waals surface area contributed by atoms with E-state index in [1.807, 2.05) is 6.07 Å². The Balaban J connectivity index is 2.82. The molecule has 0 spiro atoms. The molecule has 0 saturated carbocycles. The Kier molecular flexibility index (Phi) is 7.60. The highest BCUT2D eigenvalue weighted by Crippen LogP contribution is 2.62. The first-order valence-corrected chi connectivity index (χ1v) is 11.2. The van der Waals surface area contributed by atoms with Crippen molar-refractivity contribution in [2.24, 2.45) is 0 Å². The van der Waals surface area contributed by atoms with Crippen molar-refractivity contribution in [3.8, 4) is 6.07 Å². The van der Waals surface area contributed by atoms with Gasteiger partial charge in [-0.25, -0.2) is 4.79 Å². The van der Waals surface area contributed by atoms with Gasteiger partial charge in [0.1, 0.15) is 0 Å². The standard InChI is InChI=1S/C18H22NO8PS/c1-5-26-28(22,27-6-2)15(16(20)23-3)18(17(21)24-4)14(12(10-19)11-25-18)13-8-7-9-29-13/h7-9,11,14-15H,5-6H2,1-4H3. The van der Waals surface area contributed by atoms with Gasteiger partial charge >= 0.3 is 19.5 Å². The van der Waals surface area contributed by atoms with Crippen molar-refractivity contribution in [2.45, 2.75) is 31.0 Å². The molecule has 158 valence electrons. The molecule has 2 rings (SSSR count). The van der Waals surface area contributed by atoms with Crippen molar-refractivity contribution >= 4 is 30.9 Å².